The molecule has 20 heavy (non-hydrogen) atoms. The Balaban J connectivity index is 1.93. The number of hydrogen-bond donors (Lipinski definition) is 0. The summed E-state index contributed by atoms with van der Waals surface area (Å²) in [6.45, 7) is 10.4. The fraction of sp³-hybridized carbons (Fsp3) is 0.562. The van der Waals surface area contributed by atoms with E-state index in [0.717, 1.165) is 43.4 Å². The molecule has 0 radical (unpaired) electrons. The third kappa shape index (κ3) is 3.53. The minimum absolute atomic E-state index is 0.256. The number of ketones is 1. The first kappa shape index (κ1) is 15.3. The summed E-state index contributed by atoms with van der Waals surface area (Å²) in [5, 5.41) is 0.810. The molecule has 1 saturated heterocycles. The third-order valence-corrected chi connectivity index (χ3v) is 4.46. The van der Waals surface area contributed by atoms with Gasteiger partial charge in [0, 0.05) is 38.1 Å². The molecule has 0 amide bonds. The van der Waals surface area contributed by atoms with Gasteiger partial charge in [0.15, 0.2) is 0 Å². The number of anilines is 1. The van der Waals surface area contributed by atoms with Crippen molar-refractivity contribution in [3.8, 4) is 0 Å². The zero-order valence-corrected chi connectivity index (χ0v) is 13.3. The molecule has 2 rings (SSSR count). The van der Waals surface area contributed by atoms with Gasteiger partial charge in [0.25, 0.3) is 0 Å². The molecule has 1 heterocycles. The summed E-state index contributed by atoms with van der Waals surface area (Å²) in [6, 6.07) is 7.98. The van der Waals surface area contributed by atoms with E-state index in [1.54, 1.807) is 6.92 Å². The molecule has 0 saturated carbocycles. The smallest absolute Gasteiger partial charge is 0.136 e. The van der Waals surface area contributed by atoms with Crippen molar-refractivity contribution >= 4 is 23.1 Å². The zero-order valence-electron chi connectivity index (χ0n) is 12.5. The van der Waals surface area contributed by atoms with Gasteiger partial charge in [-0.25, -0.2) is 0 Å². The predicted octanol–water partition coefficient (Wildman–Crippen LogP) is 3.08. The van der Waals surface area contributed by atoms with E-state index in [9.17, 15) is 4.79 Å². The number of piperazine rings is 1. The lowest BCUT2D eigenvalue weighted by atomic mass is 9.88. The van der Waals surface area contributed by atoms with Gasteiger partial charge in [0.05, 0.1) is 10.7 Å². The van der Waals surface area contributed by atoms with Crippen LogP contribution in [0.5, 0.6) is 0 Å². The molecule has 4 heteroatoms. The van der Waals surface area contributed by atoms with Gasteiger partial charge in [-0.3, -0.25) is 9.69 Å². The number of para-hydroxylation sites is 1. The summed E-state index contributed by atoms with van der Waals surface area (Å²) in [5.74, 6) is 0.256. The quantitative estimate of drug-likeness (QED) is 0.853. The maximum absolute atomic E-state index is 11.6. The summed E-state index contributed by atoms with van der Waals surface area (Å²) >= 11 is 6.24. The minimum atomic E-state index is -0.257. The maximum atomic E-state index is 11.6. The van der Waals surface area contributed by atoms with Crippen molar-refractivity contribution in [2.45, 2.75) is 20.8 Å². The molecule has 0 bridgehead atoms. The standard InChI is InChI=1S/C16H23ClN2O/c1-13(20)16(2,3)12-18-8-10-19(11-9-18)15-7-5-4-6-14(15)17/h4-7H,8-12H2,1-3H3. The normalized spacial score (nSPS) is 17.3. The molecule has 110 valence electrons. The lowest BCUT2D eigenvalue weighted by Crippen LogP contribution is -2.50. The van der Waals surface area contributed by atoms with E-state index in [0.29, 0.717) is 0 Å². The topological polar surface area (TPSA) is 23.6 Å². The number of rotatable bonds is 4. The first-order valence-electron chi connectivity index (χ1n) is 7.13. The van der Waals surface area contributed by atoms with Crippen molar-refractivity contribution < 1.29 is 4.79 Å². The maximum Gasteiger partial charge on any atom is 0.136 e. The number of Topliss-reactive ketones (excluding diaryl/α,β-unsaturated/α-hetero) is 1. The molecule has 0 spiro atoms. The molecule has 0 atom stereocenters. The summed E-state index contributed by atoms with van der Waals surface area (Å²) in [4.78, 5) is 16.3. The molecule has 1 aromatic carbocycles. The Hall–Kier alpha value is -1.06. The number of carbonyl (C=O) groups excluding carboxylic acids is 1. The third-order valence-electron chi connectivity index (χ3n) is 4.14. The number of halogens is 1. The van der Waals surface area contributed by atoms with Crippen molar-refractivity contribution in [2.75, 3.05) is 37.6 Å². The molecule has 1 fully saturated rings. The second-order valence-corrected chi connectivity index (χ2v) is 6.56. The van der Waals surface area contributed by atoms with Crippen LogP contribution in [0.25, 0.3) is 0 Å². The van der Waals surface area contributed by atoms with Crippen molar-refractivity contribution in [2.24, 2.45) is 5.41 Å². The molecule has 0 N–H and O–H groups in total. The average molecular weight is 295 g/mol. The van der Waals surface area contributed by atoms with Gasteiger partial charge >= 0.3 is 0 Å². The number of benzene rings is 1. The second-order valence-electron chi connectivity index (χ2n) is 6.15. The summed E-state index contributed by atoms with van der Waals surface area (Å²) < 4.78 is 0. The lowest BCUT2D eigenvalue weighted by molar-refractivity contribution is -0.125. The van der Waals surface area contributed by atoms with Crippen LogP contribution in [0, 0.1) is 5.41 Å². The van der Waals surface area contributed by atoms with E-state index < -0.39 is 0 Å². The van der Waals surface area contributed by atoms with Gasteiger partial charge in [0.1, 0.15) is 5.78 Å². The predicted molar refractivity (Wildman–Crippen MR) is 84.6 cm³/mol. The highest BCUT2D eigenvalue weighted by Crippen LogP contribution is 2.27. The van der Waals surface area contributed by atoms with Gasteiger partial charge in [0.2, 0.25) is 0 Å². The van der Waals surface area contributed by atoms with E-state index in [2.05, 4.69) is 15.9 Å². The van der Waals surface area contributed by atoms with Crippen LogP contribution >= 0.6 is 11.6 Å². The summed E-state index contributed by atoms with van der Waals surface area (Å²) in [6.07, 6.45) is 0. The largest absolute Gasteiger partial charge is 0.368 e. The van der Waals surface area contributed by atoms with E-state index in [1.165, 1.54) is 0 Å². The van der Waals surface area contributed by atoms with Crippen LogP contribution in [0.4, 0.5) is 5.69 Å². The molecule has 1 aliphatic heterocycles. The highest BCUT2D eigenvalue weighted by atomic mass is 35.5. The zero-order chi connectivity index (χ0) is 14.8. The number of hydrogen-bond acceptors (Lipinski definition) is 3. The minimum Gasteiger partial charge on any atom is -0.368 e. The van der Waals surface area contributed by atoms with Crippen LogP contribution in [0.15, 0.2) is 24.3 Å². The fourth-order valence-electron chi connectivity index (χ4n) is 2.53. The van der Waals surface area contributed by atoms with Crippen molar-refractivity contribution in [3.05, 3.63) is 29.3 Å². The van der Waals surface area contributed by atoms with E-state index in [4.69, 9.17) is 11.6 Å². The van der Waals surface area contributed by atoms with Gasteiger partial charge < -0.3 is 4.90 Å². The highest BCUT2D eigenvalue weighted by molar-refractivity contribution is 6.33. The Kier molecular flexibility index (Phi) is 4.71. The van der Waals surface area contributed by atoms with Crippen LogP contribution in [-0.4, -0.2) is 43.4 Å². The molecule has 1 aliphatic rings. The Bertz CT molecular complexity index is 479. The number of nitrogens with zero attached hydrogens (tertiary/aromatic N) is 2. The van der Waals surface area contributed by atoms with E-state index in [-0.39, 0.29) is 11.2 Å². The summed E-state index contributed by atoms with van der Waals surface area (Å²) in [7, 11) is 0. The van der Waals surface area contributed by atoms with Gasteiger partial charge in [-0.15, -0.1) is 0 Å². The average Bonchev–Trinajstić information content (AvgIpc) is 2.40. The molecular weight excluding hydrogens is 272 g/mol. The molecule has 0 unspecified atom stereocenters. The van der Waals surface area contributed by atoms with Crippen molar-refractivity contribution in [1.29, 1.82) is 0 Å². The first-order chi connectivity index (χ1) is 9.40. The Labute approximate surface area is 126 Å². The molecular formula is C16H23ClN2O. The van der Waals surface area contributed by atoms with Crippen LogP contribution in [0.2, 0.25) is 5.02 Å². The van der Waals surface area contributed by atoms with Crippen LogP contribution in [0.1, 0.15) is 20.8 Å². The monoisotopic (exact) mass is 294 g/mol. The molecule has 1 aromatic rings. The summed E-state index contributed by atoms with van der Waals surface area (Å²) in [5.41, 5.74) is 0.853. The fourth-order valence-corrected chi connectivity index (χ4v) is 2.78. The van der Waals surface area contributed by atoms with E-state index in [1.807, 2.05) is 32.0 Å². The number of carbonyl (C=O) groups is 1. The Morgan fingerprint density at radius 1 is 1.20 bits per heavy atom. The van der Waals surface area contributed by atoms with Crippen molar-refractivity contribution in [1.82, 2.24) is 4.90 Å². The Morgan fingerprint density at radius 2 is 1.80 bits per heavy atom. The molecule has 0 aromatic heterocycles. The Morgan fingerprint density at radius 3 is 2.35 bits per heavy atom. The van der Waals surface area contributed by atoms with Gasteiger partial charge in [-0.2, -0.15) is 0 Å². The van der Waals surface area contributed by atoms with Crippen LogP contribution in [-0.2, 0) is 4.79 Å². The SMILES string of the molecule is CC(=O)C(C)(C)CN1CCN(c2ccccc2Cl)CC1. The van der Waals surface area contributed by atoms with Gasteiger partial charge in [-0.1, -0.05) is 37.6 Å². The molecule has 3 nitrogen and oxygen atoms in total. The van der Waals surface area contributed by atoms with Crippen LogP contribution < -0.4 is 4.90 Å². The van der Waals surface area contributed by atoms with Crippen LogP contribution in [0.3, 0.4) is 0 Å². The second kappa shape index (κ2) is 6.15. The molecule has 0 aliphatic carbocycles. The van der Waals surface area contributed by atoms with Gasteiger partial charge in [-0.05, 0) is 19.1 Å². The lowest BCUT2D eigenvalue weighted by Gasteiger charge is -2.39. The highest BCUT2D eigenvalue weighted by Gasteiger charge is 2.28. The first-order valence-corrected chi connectivity index (χ1v) is 7.51. The van der Waals surface area contributed by atoms with Crippen molar-refractivity contribution in [3.63, 3.8) is 0 Å². The van der Waals surface area contributed by atoms with E-state index >= 15 is 0 Å².